The summed E-state index contributed by atoms with van der Waals surface area (Å²) in [6.07, 6.45) is -2.17. The van der Waals surface area contributed by atoms with E-state index < -0.39 is 18.2 Å². The van der Waals surface area contributed by atoms with Gasteiger partial charge < -0.3 is 14.2 Å². The maximum atomic E-state index is 11.5. The lowest BCUT2D eigenvalue weighted by Crippen LogP contribution is -2.23. The van der Waals surface area contributed by atoms with Crippen LogP contribution in [0.15, 0.2) is 30.3 Å². The zero-order valence-corrected chi connectivity index (χ0v) is 9.29. The molecule has 0 radical (unpaired) electrons. The van der Waals surface area contributed by atoms with E-state index in [1.54, 1.807) is 30.3 Å². The van der Waals surface area contributed by atoms with E-state index in [2.05, 4.69) is 9.47 Å². The highest BCUT2D eigenvalue weighted by Crippen LogP contribution is 2.19. The average molecular weight is 239 g/mol. The van der Waals surface area contributed by atoms with Gasteiger partial charge in [-0.15, -0.1) is 0 Å². The van der Waals surface area contributed by atoms with Crippen LogP contribution in [0.3, 0.4) is 0 Å². The van der Waals surface area contributed by atoms with Gasteiger partial charge in [-0.05, 0) is 0 Å². The van der Waals surface area contributed by atoms with Crippen LogP contribution >= 0.6 is 0 Å². The highest BCUT2D eigenvalue weighted by atomic mass is 16.7. The smallest absolute Gasteiger partial charge is 0.466 e. The Hall–Kier alpha value is -2.08. The van der Waals surface area contributed by atoms with Crippen molar-refractivity contribution in [2.24, 2.45) is 5.73 Å². The number of esters is 1. The number of rotatable bonds is 4. The maximum Gasteiger partial charge on any atom is 0.510 e. The van der Waals surface area contributed by atoms with Crippen molar-refractivity contribution in [3.8, 4) is 0 Å². The molecule has 2 N–H and O–H groups in total. The van der Waals surface area contributed by atoms with Gasteiger partial charge in [0, 0.05) is 5.56 Å². The molecular weight excluding hydrogens is 226 g/mol. The number of hydrogen-bond acceptors (Lipinski definition) is 6. The minimum atomic E-state index is -1.15. The number of methoxy groups -OCH3 is 1. The largest absolute Gasteiger partial charge is 0.510 e. The first-order valence-corrected chi connectivity index (χ1v) is 4.85. The van der Waals surface area contributed by atoms with Crippen LogP contribution in [0, 0.1) is 0 Å². The monoisotopic (exact) mass is 239 g/mol. The first-order valence-electron chi connectivity index (χ1n) is 4.85. The molecule has 0 aliphatic carbocycles. The van der Waals surface area contributed by atoms with Crippen molar-refractivity contribution in [2.45, 2.75) is 6.10 Å². The molecule has 1 atom stereocenters. The lowest BCUT2D eigenvalue weighted by Gasteiger charge is -2.15. The van der Waals surface area contributed by atoms with Gasteiger partial charge in [-0.2, -0.15) is 0 Å². The fraction of sp³-hybridized carbons (Fsp3) is 0.273. The Morgan fingerprint density at radius 2 is 1.94 bits per heavy atom. The van der Waals surface area contributed by atoms with Crippen molar-refractivity contribution in [3.63, 3.8) is 0 Å². The van der Waals surface area contributed by atoms with Crippen LogP contribution in [0.4, 0.5) is 4.79 Å². The SMILES string of the molecule is COC(=O)[C@@H](OC(=O)OCN)c1ccccc1. The van der Waals surface area contributed by atoms with Crippen molar-refractivity contribution in [2.75, 3.05) is 13.8 Å². The Morgan fingerprint density at radius 3 is 2.47 bits per heavy atom. The quantitative estimate of drug-likeness (QED) is 0.622. The molecular formula is C11H13NO5. The molecule has 0 aliphatic heterocycles. The first kappa shape index (κ1) is 13.0. The molecule has 0 aromatic heterocycles. The van der Waals surface area contributed by atoms with E-state index in [4.69, 9.17) is 10.5 Å². The van der Waals surface area contributed by atoms with E-state index in [1.165, 1.54) is 7.11 Å². The molecule has 0 spiro atoms. The molecule has 6 nitrogen and oxygen atoms in total. The second kappa shape index (κ2) is 6.49. The van der Waals surface area contributed by atoms with Gasteiger partial charge in [-0.3, -0.25) is 5.73 Å². The van der Waals surface area contributed by atoms with E-state index in [0.29, 0.717) is 5.56 Å². The normalized spacial score (nSPS) is 11.4. The molecule has 0 aliphatic rings. The predicted molar refractivity (Wildman–Crippen MR) is 57.8 cm³/mol. The molecule has 0 heterocycles. The van der Waals surface area contributed by atoms with Gasteiger partial charge in [-0.1, -0.05) is 30.3 Å². The zero-order chi connectivity index (χ0) is 12.7. The van der Waals surface area contributed by atoms with Crippen molar-refractivity contribution < 1.29 is 23.8 Å². The Bertz CT molecular complexity index is 379. The molecule has 0 fully saturated rings. The summed E-state index contributed by atoms with van der Waals surface area (Å²) >= 11 is 0. The number of nitrogens with two attached hydrogens (primary N) is 1. The summed E-state index contributed by atoms with van der Waals surface area (Å²) in [7, 11) is 1.20. The number of benzene rings is 1. The molecule has 6 heteroatoms. The van der Waals surface area contributed by atoms with Gasteiger partial charge in [0.15, 0.2) is 0 Å². The summed E-state index contributed by atoms with van der Waals surface area (Å²) in [5.41, 5.74) is 5.51. The van der Waals surface area contributed by atoms with E-state index in [9.17, 15) is 9.59 Å². The molecule has 1 aromatic carbocycles. The lowest BCUT2D eigenvalue weighted by atomic mass is 10.1. The van der Waals surface area contributed by atoms with Gasteiger partial charge in [0.1, 0.15) is 6.73 Å². The van der Waals surface area contributed by atoms with Gasteiger partial charge >= 0.3 is 12.1 Å². The van der Waals surface area contributed by atoms with E-state index in [0.717, 1.165) is 0 Å². The van der Waals surface area contributed by atoms with Crippen LogP contribution in [0.25, 0.3) is 0 Å². The molecule has 1 aromatic rings. The Morgan fingerprint density at radius 1 is 1.29 bits per heavy atom. The second-order valence-electron chi connectivity index (χ2n) is 2.99. The number of carbonyl (C=O) groups is 2. The van der Waals surface area contributed by atoms with Crippen LogP contribution < -0.4 is 5.73 Å². The maximum absolute atomic E-state index is 11.5. The third-order valence-electron chi connectivity index (χ3n) is 1.93. The van der Waals surface area contributed by atoms with Crippen LogP contribution in [-0.4, -0.2) is 26.0 Å². The summed E-state index contributed by atoms with van der Waals surface area (Å²) in [6.45, 7) is -0.318. The van der Waals surface area contributed by atoms with Gasteiger partial charge in [0.05, 0.1) is 7.11 Å². The lowest BCUT2D eigenvalue weighted by molar-refractivity contribution is -0.152. The van der Waals surface area contributed by atoms with Crippen LogP contribution in [-0.2, 0) is 19.0 Å². The third kappa shape index (κ3) is 3.76. The van der Waals surface area contributed by atoms with E-state index in [1.807, 2.05) is 0 Å². The van der Waals surface area contributed by atoms with Gasteiger partial charge in [-0.25, -0.2) is 9.59 Å². The summed E-state index contributed by atoms with van der Waals surface area (Å²) in [5, 5.41) is 0. The third-order valence-corrected chi connectivity index (χ3v) is 1.93. The molecule has 0 saturated heterocycles. The topological polar surface area (TPSA) is 87.8 Å². The predicted octanol–water partition coefficient (Wildman–Crippen LogP) is 0.970. The van der Waals surface area contributed by atoms with Crippen molar-refractivity contribution in [3.05, 3.63) is 35.9 Å². The van der Waals surface area contributed by atoms with Crippen LogP contribution in [0.1, 0.15) is 11.7 Å². The fourth-order valence-electron chi connectivity index (χ4n) is 1.19. The number of hydrogen-bond donors (Lipinski definition) is 1. The molecule has 0 saturated carbocycles. The van der Waals surface area contributed by atoms with Crippen LogP contribution in [0.2, 0.25) is 0 Å². The Labute approximate surface area is 98.3 Å². The van der Waals surface area contributed by atoms with Gasteiger partial charge in [0.2, 0.25) is 6.10 Å². The second-order valence-corrected chi connectivity index (χ2v) is 2.99. The van der Waals surface area contributed by atoms with Crippen molar-refractivity contribution in [1.82, 2.24) is 0 Å². The molecule has 0 amide bonds. The highest BCUT2D eigenvalue weighted by molar-refractivity contribution is 5.79. The molecule has 92 valence electrons. The molecule has 0 bridgehead atoms. The zero-order valence-electron chi connectivity index (χ0n) is 9.29. The molecule has 1 rings (SSSR count). The summed E-state index contributed by atoms with van der Waals surface area (Å²) in [6, 6.07) is 8.47. The summed E-state index contributed by atoms with van der Waals surface area (Å²) in [5.74, 6) is -0.690. The van der Waals surface area contributed by atoms with Crippen molar-refractivity contribution >= 4 is 12.1 Å². The minimum absolute atomic E-state index is 0.318. The number of carbonyl (C=O) groups excluding carboxylic acids is 2. The number of ether oxygens (including phenoxy) is 3. The fourth-order valence-corrected chi connectivity index (χ4v) is 1.19. The highest BCUT2D eigenvalue weighted by Gasteiger charge is 2.26. The molecule has 0 unspecified atom stereocenters. The Kier molecular flexibility index (Phi) is 4.96. The minimum Gasteiger partial charge on any atom is -0.466 e. The van der Waals surface area contributed by atoms with Crippen LogP contribution in [0.5, 0.6) is 0 Å². The van der Waals surface area contributed by atoms with E-state index in [-0.39, 0.29) is 6.73 Å². The van der Waals surface area contributed by atoms with E-state index >= 15 is 0 Å². The first-order chi connectivity index (χ1) is 8.19. The summed E-state index contributed by atoms with van der Waals surface area (Å²) < 4.78 is 13.8. The van der Waals surface area contributed by atoms with Crippen molar-refractivity contribution in [1.29, 1.82) is 0 Å². The molecule has 17 heavy (non-hydrogen) atoms. The average Bonchev–Trinajstić information content (AvgIpc) is 2.36. The summed E-state index contributed by atoms with van der Waals surface area (Å²) in [4.78, 5) is 22.6. The standard InChI is InChI=1S/C11H13NO5/c1-15-10(13)9(17-11(14)16-7-12)8-5-3-2-4-6-8/h2-6,9H,7,12H2,1H3/t9-/m0/s1. The van der Waals surface area contributed by atoms with Gasteiger partial charge in [0.25, 0.3) is 0 Å². The Balaban J connectivity index is 2.82.